The van der Waals surface area contributed by atoms with Crippen LogP contribution >= 0.6 is 11.6 Å². The molecule has 1 saturated carbocycles. The number of rotatable bonds is 3. The Morgan fingerprint density at radius 2 is 1.78 bits per heavy atom. The van der Waals surface area contributed by atoms with E-state index >= 15 is 0 Å². The van der Waals surface area contributed by atoms with Crippen molar-refractivity contribution < 1.29 is 4.42 Å². The molecule has 5 heteroatoms. The van der Waals surface area contributed by atoms with Crippen molar-refractivity contribution in [1.82, 2.24) is 15.1 Å². The molecule has 1 aromatic heterocycles. The van der Waals surface area contributed by atoms with Crippen LogP contribution in [0.15, 0.2) is 28.7 Å². The van der Waals surface area contributed by atoms with Crippen LogP contribution in [0.25, 0.3) is 11.5 Å². The minimum absolute atomic E-state index is 0.380. The lowest BCUT2D eigenvalue weighted by Crippen LogP contribution is -2.34. The van der Waals surface area contributed by atoms with Crippen molar-refractivity contribution in [2.45, 2.75) is 50.5 Å². The Balaban J connectivity index is 1.44. The maximum atomic E-state index is 5.94. The van der Waals surface area contributed by atoms with Gasteiger partial charge >= 0.3 is 0 Å². The van der Waals surface area contributed by atoms with E-state index < -0.39 is 0 Å². The summed E-state index contributed by atoms with van der Waals surface area (Å²) >= 11 is 5.93. The van der Waals surface area contributed by atoms with E-state index in [1.54, 1.807) is 0 Å². The summed E-state index contributed by atoms with van der Waals surface area (Å²) in [5, 5.41) is 9.24. The lowest BCUT2D eigenvalue weighted by atomic mass is 9.94. The predicted octanol–water partition coefficient (Wildman–Crippen LogP) is 4.51. The van der Waals surface area contributed by atoms with Crippen molar-refractivity contribution in [3.05, 3.63) is 35.2 Å². The summed E-state index contributed by atoms with van der Waals surface area (Å²) in [6.07, 6.45) is 8.00. The molecule has 1 aromatic carbocycles. The first-order valence-electron chi connectivity index (χ1n) is 8.63. The van der Waals surface area contributed by atoms with Crippen molar-refractivity contribution in [2.75, 3.05) is 13.1 Å². The van der Waals surface area contributed by atoms with Gasteiger partial charge in [-0.3, -0.25) is 4.90 Å². The third kappa shape index (κ3) is 3.29. The summed E-state index contributed by atoms with van der Waals surface area (Å²) in [6, 6.07) is 8.31. The van der Waals surface area contributed by atoms with Crippen molar-refractivity contribution in [1.29, 1.82) is 0 Å². The van der Waals surface area contributed by atoms with E-state index in [-0.39, 0.29) is 0 Å². The van der Waals surface area contributed by atoms with Crippen molar-refractivity contribution in [3.8, 4) is 11.5 Å². The first kappa shape index (κ1) is 15.2. The third-order valence-electron chi connectivity index (χ3n) is 5.19. The Labute approximate surface area is 141 Å². The first-order valence-corrected chi connectivity index (χ1v) is 9.01. The zero-order valence-electron chi connectivity index (χ0n) is 13.2. The fraction of sp³-hybridized carbons (Fsp3) is 0.556. The number of hydrogen-bond acceptors (Lipinski definition) is 4. The van der Waals surface area contributed by atoms with E-state index in [1.165, 1.54) is 32.1 Å². The first-order chi connectivity index (χ1) is 11.3. The second kappa shape index (κ2) is 6.62. The van der Waals surface area contributed by atoms with Crippen LogP contribution in [-0.4, -0.2) is 34.2 Å². The Morgan fingerprint density at radius 1 is 1.00 bits per heavy atom. The van der Waals surface area contributed by atoms with E-state index in [4.69, 9.17) is 16.0 Å². The fourth-order valence-electron chi connectivity index (χ4n) is 3.88. The van der Waals surface area contributed by atoms with Gasteiger partial charge in [-0.25, -0.2) is 0 Å². The summed E-state index contributed by atoms with van der Waals surface area (Å²) < 4.78 is 5.94. The average molecular weight is 332 g/mol. The molecule has 1 aliphatic carbocycles. The zero-order valence-corrected chi connectivity index (χ0v) is 14.0. The van der Waals surface area contributed by atoms with Crippen LogP contribution in [0.1, 0.15) is 50.3 Å². The number of benzene rings is 1. The molecule has 2 aromatic rings. The fourth-order valence-corrected chi connectivity index (χ4v) is 4.00. The number of halogens is 1. The highest BCUT2D eigenvalue weighted by atomic mass is 35.5. The Bertz CT molecular complexity index is 649. The lowest BCUT2D eigenvalue weighted by Gasteiger charge is -2.30. The molecule has 1 unspecified atom stereocenters. The Hall–Kier alpha value is -1.39. The molecule has 4 rings (SSSR count). The molecule has 0 spiro atoms. The minimum atomic E-state index is 0.380. The van der Waals surface area contributed by atoms with Crippen molar-refractivity contribution >= 4 is 11.6 Å². The van der Waals surface area contributed by atoms with Gasteiger partial charge in [-0.2, -0.15) is 0 Å². The van der Waals surface area contributed by atoms with E-state index in [1.807, 2.05) is 24.3 Å². The van der Waals surface area contributed by atoms with Crippen LogP contribution in [0.4, 0.5) is 0 Å². The van der Waals surface area contributed by atoms with Crippen molar-refractivity contribution in [3.63, 3.8) is 0 Å². The molecule has 2 aliphatic rings. The molecule has 0 bridgehead atoms. The van der Waals surface area contributed by atoms with E-state index in [0.717, 1.165) is 37.0 Å². The minimum Gasteiger partial charge on any atom is -0.420 e. The normalized spacial score (nSPS) is 23.4. The van der Waals surface area contributed by atoms with Gasteiger partial charge in [-0.15, -0.1) is 10.2 Å². The monoisotopic (exact) mass is 331 g/mol. The highest BCUT2D eigenvalue weighted by Crippen LogP contribution is 2.33. The summed E-state index contributed by atoms with van der Waals surface area (Å²) in [4.78, 5) is 2.63. The smallest absolute Gasteiger partial charge is 0.247 e. The second-order valence-electron chi connectivity index (χ2n) is 6.72. The maximum Gasteiger partial charge on any atom is 0.247 e. The quantitative estimate of drug-likeness (QED) is 0.829. The van der Waals surface area contributed by atoms with Gasteiger partial charge in [0.05, 0.1) is 5.92 Å². The molecule has 0 radical (unpaired) electrons. The zero-order chi connectivity index (χ0) is 15.6. The van der Waals surface area contributed by atoms with Gasteiger partial charge in [-0.05, 0) is 50.1 Å². The van der Waals surface area contributed by atoms with Crippen LogP contribution in [0.2, 0.25) is 5.02 Å². The largest absolute Gasteiger partial charge is 0.420 e. The predicted molar refractivity (Wildman–Crippen MR) is 90.5 cm³/mol. The number of hydrogen-bond donors (Lipinski definition) is 0. The highest BCUT2D eigenvalue weighted by Gasteiger charge is 2.32. The Kier molecular flexibility index (Phi) is 4.36. The van der Waals surface area contributed by atoms with Crippen LogP contribution in [-0.2, 0) is 0 Å². The van der Waals surface area contributed by atoms with E-state index in [0.29, 0.717) is 16.8 Å². The van der Waals surface area contributed by atoms with Crippen LogP contribution < -0.4 is 0 Å². The van der Waals surface area contributed by atoms with Gasteiger partial charge in [0.15, 0.2) is 0 Å². The molecule has 122 valence electrons. The van der Waals surface area contributed by atoms with Crippen LogP contribution in [0.3, 0.4) is 0 Å². The molecular weight excluding hydrogens is 310 g/mol. The van der Waals surface area contributed by atoms with Crippen LogP contribution in [0.5, 0.6) is 0 Å². The van der Waals surface area contributed by atoms with Gasteiger partial charge in [0.1, 0.15) is 0 Å². The van der Waals surface area contributed by atoms with Gasteiger partial charge in [0.25, 0.3) is 0 Å². The van der Waals surface area contributed by atoms with E-state index in [2.05, 4.69) is 15.1 Å². The molecule has 4 nitrogen and oxygen atoms in total. The topological polar surface area (TPSA) is 42.2 Å². The summed E-state index contributed by atoms with van der Waals surface area (Å²) in [6.45, 7) is 2.22. The molecular formula is C18H22ClN3O. The van der Waals surface area contributed by atoms with Gasteiger partial charge in [-0.1, -0.05) is 30.9 Å². The Morgan fingerprint density at radius 3 is 2.57 bits per heavy atom. The van der Waals surface area contributed by atoms with Crippen LogP contribution in [0, 0.1) is 0 Å². The molecule has 23 heavy (non-hydrogen) atoms. The average Bonchev–Trinajstić information content (AvgIpc) is 3.26. The number of aromatic nitrogens is 2. The maximum absolute atomic E-state index is 5.94. The number of nitrogens with zero attached hydrogens (tertiary/aromatic N) is 3. The highest BCUT2D eigenvalue weighted by molar-refractivity contribution is 6.30. The van der Waals surface area contributed by atoms with Gasteiger partial charge < -0.3 is 4.42 Å². The third-order valence-corrected chi connectivity index (χ3v) is 5.44. The van der Waals surface area contributed by atoms with E-state index in [9.17, 15) is 0 Å². The molecule has 0 N–H and O–H groups in total. The molecule has 1 saturated heterocycles. The SMILES string of the molecule is Clc1ccc(-c2nnc(C3CCN(C4CCCCC4)C3)o2)cc1. The molecule has 1 aliphatic heterocycles. The van der Waals surface area contributed by atoms with Crippen molar-refractivity contribution in [2.24, 2.45) is 0 Å². The molecule has 1 atom stereocenters. The van der Waals surface area contributed by atoms with Gasteiger partial charge in [0.2, 0.25) is 11.8 Å². The standard InChI is InChI=1S/C18H22ClN3O/c19-15-8-6-13(7-9-15)17-20-21-18(23-17)14-10-11-22(12-14)16-4-2-1-3-5-16/h6-9,14,16H,1-5,10-12H2. The molecule has 2 fully saturated rings. The van der Waals surface area contributed by atoms with Gasteiger partial charge in [0, 0.05) is 23.2 Å². The summed E-state index contributed by atoms with van der Waals surface area (Å²) in [7, 11) is 0. The number of likely N-dealkylation sites (tertiary alicyclic amines) is 1. The summed E-state index contributed by atoms with van der Waals surface area (Å²) in [5.74, 6) is 1.76. The molecule has 2 heterocycles. The lowest BCUT2D eigenvalue weighted by molar-refractivity contribution is 0.187. The molecule has 0 amide bonds. The summed E-state index contributed by atoms with van der Waals surface area (Å²) in [5.41, 5.74) is 0.926. The second-order valence-corrected chi connectivity index (χ2v) is 7.16.